The van der Waals surface area contributed by atoms with E-state index < -0.39 is 17.7 Å². The van der Waals surface area contributed by atoms with Crippen molar-refractivity contribution in [1.82, 2.24) is 14.3 Å². The van der Waals surface area contributed by atoms with Gasteiger partial charge in [-0.25, -0.2) is 14.6 Å². The molecule has 0 saturated carbocycles. The van der Waals surface area contributed by atoms with Gasteiger partial charge in [-0.15, -0.1) is 0 Å². The number of amides is 2. The number of pyridine rings is 1. The van der Waals surface area contributed by atoms with Crippen LogP contribution in [0.1, 0.15) is 31.1 Å². The van der Waals surface area contributed by atoms with Crippen LogP contribution in [0.15, 0.2) is 24.5 Å². The summed E-state index contributed by atoms with van der Waals surface area (Å²) in [5.74, 6) is -0.233. The maximum absolute atomic E-state index is 12.5. The first-order valence-electron chi connectivity index (χ1n) is 8.53. The smallest absolute Gasteiger partial charge is 0.410 e. The number of carbonyl (C=O) groups is 3. The molecule has 0 N–H and O–H groups in total. The zero-order chi connectivity index (χ0) is 19.8. The fourth-order valence-electron chi connectivity index (χ4n) is 2.74. The van der Waals surface area contributed by atoms with Gasteiger partial charge in [0.25, 0.3) is 0 Å². The SMILES string of the molecule is COC(=O)c1ccc2nc(N3CCN(C(=O)OC(C)(C)C)CC3=O)cn2c1. The number of carbonyl (C=O) groups excluding carboxylic acids is 3. The van der Waals surface area contributed by atoms with Crippen molar-refractivity contribution >= 4 is 29.4 Å². The van der Waals surface area contributed by atoms with Gasteiger partial charge in [0.1, 0.15) is 17.8 Å². The molecule has 0 spiro atoms. The van der Waals surface area contributed by atoms with E-state index in [9.17, 15) is 14.4 Å². The molecule has 27 heavy (non-hydrogen) atoms. The van der Waals surface area contributed by atoms with Gasteiger partial charge in [0.15, 0.2) is 5.82 Å². The molecular weight excluding hydrogens is 352 g/mol. The van der Waals surface area contributed by atoms with E-state index in [2.05, 4.69) is 4.98 Å². The van der Waals surface area contributed by atoms with E-state index in [4.69, 9.17) is 9.47 Å². The normalized spacial score (nSPS) is 15.2. The molecule has 0 atom stereocenters. The van der Waals surface area contributed by atoms with Crippen LogP contribution in [-0.4, -0.2) is 64.6 Å². The molecule has 2 amide bonds. The van der Waals surface area contributed by atoms with Crippen molar-refractivity contribution in [2.45, 2.75) is 26.4 Å². The topological polar surface area (TPSA) is 93.4 Å². The number of nitrogens with zero attached hydrogens (tertiary/aromatic N) is 4. The Kier molecular flexibility index (Phi) is 4.77. The molecule has 1 aliphatic rings. The van der Waals surface area contributed by atoms with E-state index in [-0.39, 0.29) is 12.5 Å². The second-order valence-electron chi connectivity index (χ2n) is 7.22. The van der Waals surface area contributed by atoms with Crippen LogP contribution in [-0.2, 0) is 14.3 Å². The number of imidazole rings is 1. The second-order valence-corrected chi connectivity index (χ2v) is 7.22. The first-order valence-corrected chi connectivity index (χ1v) is 8.53. The van der Waals surface area contributed by atoms with Gasteiger partial charge < -0.3 is 13.9 Å². The fraction of sp³-hybridized carbons (Fsp3) is 0.444. The summed E-state index contributed by atoms with van der Waals surface area (Å²) in [5.41, 5.74) is 0.367. The molecule has 2 aromatic rings. The van der Waals surface area contributed by atoms with Gasteiger partial charge in [0.05, 0.1) is 18.9 Å². The summed E-state index contributed by atoms with van der Waals surface area (Å²) in [7, 11) is 1.31. The number of hydrogen-bond donors (Lipinski definition) is 0. The lowest BCUT2D eigenvalue weighted by Gasteiger charge is -2.34. The van der Waals surface area contributed by atoms with E-state index in [0.29, 0.717) is 30.1 Å². The number of methoxy groups -OCH3 is 1. The van der Waals surface area contributed by atoms with Gasteiger partial charge in [0.2, 0.25) is 5.91 Å². The number of rotatable bonds is 2. The number of aromatic nitrogens is 2. The van der Waals surface area contributed by atoms with E-state index in [1.807, 2.05) is 0 Å². The number of esters is 1. The average molecular weight is 374 g/mol. The van der Waals surface area contributed by atoms with Crippen LogP contribution in [0.3, 0.4) is 0 Å². The van der Waals surface area contributed by atoms with Crippen LogP contribution in [0.25, 0.3) is 5.65 Å². The van der Waals surface area contributed by atoms with Crippen molar-refractivity contribution in [3.63, 3.8) is 0 Å². The van der Waals surface area contributed by atoms with E-state index in [1.165, 1.54) is 16.9 Å². The van der Waals surface area contributed by atoms with Crippen molar-refractivity contribution in [3.05, 3.63) is 30.1 Å². The summed E-state index contributed by atoms with van der Waals surface area (Å²) in [4.78, 5) is 43.6. The lowest BCUT2D eigenvalue weighted by Crippen LogP contribution is -2.53. The highest BCUT2D eigenvalue weighted by Gasteiger charge is 2.31. The monoisotopic (exact) mass is 374 g/mol. The predicted molar refractivity (Wildman–Crippen MR) is 96.7 cm³/mol. The summed E-state index contributed by atoms with van der Waals surface area (Å²) in [6.45, 7) is 5.93. The van der Waals surface area contributed by atoms with Crippen molar-refractivity contribution in [2.75, 3.05) is 31.6 Å². The van der Waals surface area contributed by atoms with Crippen LogP contribution in [0.4, 0.5) is 10.6 Å². The van der Waals surface area contributed by atoms with Crippen LogP contribution >= 0.6 is 0 Å². The number of hydrogen-bond acceptors (Lipinski definition) is 6. The van der Waals surface area contributed by atoms with Gasteiger partial charge in [-0.2, -0.15) is 0 Å². The quantitative estimate of drug-likeness (QED) is 0.743. The lowest BCUT2D eigenvalue weighted by atomic mass is 10.2. The van der Waals surface area contributed by atoms with E-state index in [0.717, 1.165) is 0 Å². The Morgan fingerprint density at radius 1 is 1.15 bits per heavy atom. The molecule has 1 aliphatic heterocycles. The zero-order valence-corrected chi connectivity index (χ0v) is 15.8. The Labute approximate surface area is 156 Å². The highest BCUT2D eigenvalue weighted by atomic mass is 16.6. The molecule has 0 unspecified atom stereocenters. The second kappa shape index (κ2) is 6.90. The minimum absolute atomic E-state index is 0.0732. The van der Waals surface area contributed by atoms with Crippen LogP contribution in [0.2, 0.25) is 0 Å². The first-order chi connectivity index (χ1) is 12.7. The van der Waals surface area contributed by atoms with Crippen molar-refractivity contribution in [2.24, 2.45) is 0 Å². The Bertz CT molecular complexity index is 899. The summed E-state index contributed by atoms with van der Waals surface area (Å²) in [6.07, 6.45) is 2.76. The lowest BCUT2D eigenvalue weighted by molar-refractivity contribution is -0.121. The molecule has 3 rings (SSSR count). The summed E-state index contributed by atoms with van der Waals surface area (Å²) in [5, 5.41) is 0. The Morgan fingerprint density at radius 3 is 2.52 bits per heavy atom. The maximum Gasteiger partial charge on any atom is 0.410 e. The summed E-state index contributed by atoms with van der Waals surface area (Å²) in [6, 6.07) is 3.29. The molecule has 0 aromatic carbocycles. The summed E-state index contributed by atoms with van der Waals surface area (Å²) >= 11 is 0. The van der Waals surface area contributed by atoms with Crippen molar-refractivity contribution in [3.8, 4) is 0 Å². The molecule has 3 heterocycles. The Hall–Kier alpha value is -3.10. The third-order valence-electron chi connectivity index (χ3n) is 4.01. The molecule has 144 valence electrons. The maximum atomic E-state index is 12.5. The molecule has 0 bridgehead atoms. The van der Waals surface area contributed by atoms with Gasteiger partial charge in [-0.1, -0.05) is 0 Å². The molecule has 9 nitrogen and oxygen atoms in total. The molecule has 0 aliphatic carbocycles. The van der Waals surface area contributed by atoms with Crippen molar-refractivity contribution < 1.29 is 23.9 Å². The van der Waals surface area contributed by atoms with Gasteiger partial charge in [-0.3, -0.25) is 14.6 Å². The van der Waals surface area contributed by atoms with Crippen molar-refractivity contribution in [1.29, 1.82) is 0 Å². The molecule has 9 heteroatoms. The number of fused-ring (bicyclic) bond motifs is 1. The largest absolute Gasteiger partial charge is 0.465 e. The molecular formula is C18H22N4O5. The van der Waals surface area contributed by atoms with Gasteiger partial charge in [0, 0.05) is 19.3 Å². The fourth-order valence-corrected chi connectivity index (χ4v) is 2.74. The van der Waals surface area contributed by atoms with Gasteiger partial charge in [-0.05, 0) is 32.9 Å². The van der Waals surface area contributed by atoms with Crippen LogP contribution in [0, 0.1) is 0 Å². The minimum atomic E-state index is -0.615. The number of ether oxygens (including phenoxy) is 2. The van der Waals surface area contributed by atoms with Gasteiger partial charge >= 0.3 is 12.1 Å². The van der Waals surface area contributed by atoms with E-state index in [1.54, 1.807) is 49.7 Å². The van der Waals surface area contributed by atoms with Crippen LogP contribution in [0.5, 0.6) is 0 Å². The minimum Gasteiger partial charge on any atom is -0.465 e. The highest BCUT2D eigenvalue weighted by Crippen LogP contribution is 2.19. The third kappa shape index (κ3) is 4.02. The molecule has 1 fully saturated rings. The average Bonchev–Trinajstić information content (AvgIpc) is 3.02. The first kappa shape index (κ1) is 18.7. The third-order valence-corrected chi connectivity index (χ3v) is 4.01. The molecule has 0 radical (unpaired) electrons. The molecule has 2 aromatic heterocycles. The Balaban J connectivity index is 1.75. The predicted octanol–water partition coefficient (Wildman–Crippen LogP) is 1.70. The Morgan fingerprint density at radius 2 is 1.89 bits per heavy atom. The summed E-state index contributed by atoms with van der Waals surface area (Å²) < 4.78 is 11.7. The number of anilines is 1. The number of piperazine rings is 1. The highest BCUT2D eigenvalue weighted by molar-refractivity contribution is 5.97. The zero-order valence-electron chi connectivity index (χ0n) is 15.8. The molecule has 1 saturated heterocycles. The van der Waals surface area contributed by atoms with Crippen LogP contribution < -0.4 is 4.90 Å². The standard InChI is InChI=1S/C18H22N4O5/c1-18(2,3)27-17(25)20-7-8-22(15(23)11-20)14-10-21-9-12(16(24)26-4)5-6-13(21)19-14/h5-6,9-10H,7-8,11H2,1-4H3. The van der Waals surface area contributed by atoms with E-state index >= 15 is 0 Å².